The largest absolute Gasteiger partial charge is 0.324 e. The number of carbonyl (C=O) groups excluding carboxylic acids is 1. The van der Waals surface area contributed by atoms with Gasteiger partial charge in [0.25, 0.3) is 0 Å². The molecule has 0 atom stereocenters. The van der Waals surface area contributed by atoms with Gasteiger partial charge in [-0.15, -0.1) is 11.3 Å². The maximum absolute atomic E-state index is 11.4. The maximum atomic E-state index is 11.4. The lowest BCUT2D eigenvalue weighted by atomic mass is 10.1. The summed E-state index contributed by atoms with van der Waals surface area (Å²) in [7, 11) is 0. The summed E-state index contributed by atoms with van der Waals surface area (Å²) >= 11 is 1.66. The minimum absolute atomic E-state index is 0.0200. The Morgan fingerprint density at radius 3 is 2.80 bits per heavy atom. The number of nitrogens with two attached hydrogens (primary N) is 1. The number of hydrogen-bond donors (Lipinski definition) is 1. The molecule has 76 valence electrons. The van der Waals surface area contributed by atoms with E-state index in [-0.39, 0.29) is 12.3 Å². The Morgan fingerprint density at radius 2 is 2.13 bits per heavy atom. The summed E-state index contributed by atoms with van der Waals surface area (Å²) in [6, 6.07) is 11.6. The molecule has 0 amide bonds. The molecule has 2 N–H and O–H groups in total. The number of ketones is 1. The molecule has 0 saturated carbocycles. The SMILES string of the molecule is NCC(=O)c1cccc(-c2cccs2)c1. The summed E-state index contributed by atoms with van der Waals surface area (Å²) in [5, 5.41) is 2.02. The summed E-state index contributed by atoms with van der Waals surface area (Å²) in [6.07, 6.45) is 0. The predicted octanol–water partition coefficient (Wildman–Crippen LogP) is 2.56. The fraction of sp³-hybridized carbons (Fsp3) is 0.0833. The number of rotatable bonds is 3. The van der Waals surface area contributed by atoms with Gasteiger partial charge in [0.1, 0.15) is 0 Å². The van der Waals surface area contributed by atoms with Crippen molar-refractivity contribution in [1.82, 2.24) is 0 Å². The van der Waals surface area contributed by atoms with Crippen LogP contribution >= 0.6 is 11.3 Å². The molecule has 0 fully saturated rings. The molecule has 0 spiro atoms. The van der Waals surface area contributed by atoms with Gasteiger partial charge in [0, 0.05) is 10.4 Å². The third-order valence-electron chi connectivity index (χ3n) is 2.18. The number of thiophene rings is 1. The number of Topliss-reactive ketones (excluding diaryl/α,β-unsaturated/α-hetero) is 1. The van der Waals surface area contributed by atoms with Crippen LogP contribution in [0.1, 0.15) is 10.4 Å². The van der Waals surface area contributed by atoms with E-state index in [0.29, 0.717) is 5.56 Å². The second-order valence-electron chi connectivity index (χ2n) is 3.19. The van der Waals surface area contributed by atoms with E-state index in [9.17, 15) is 4.79 Å². The lowest BCUT2D eigenvalue weighted by Gasteiger charge is -2.01. The highest BCUT2D eigenvalue weighted by Gasteiger charge is 2.05. The van der Waals surface area contributed by atoms with Crippen LogP contribution in [-0.4, -0.2) is 12.3 Å². The predicted molar refractivity (Wildman–Crippen MR) is 63.1 cm³/mol. The molecule has 0 bridgehead atoms. The molecule has 1 aromatic carbocycles. The van der Waals surface area contributed by atoms with Crippen molar-refractivity contribution in [2.75, 3.05) is 6.54 Å². The minimum Gasteiger partial charge on any atom is -0.324 e. The highest BCUT2D eigenvalue weighted by molar-refractivity contribution is 7.13. The summed E-state index contributed by atoms with van der Waals surface area (Å²) in [6.45, 7) is 0.0634. The van der Waals surface area contributed by atoms with Gasteiger partial charge in [0.15, 0.2) is 5.78 Å². The Hall–Kier alpha value is -1.45. The average molecular weight is 217 g/mol. The van der Waals surface area contributed by atoms with Crippen molar-refractivity contribution in [2.45, 2.75) is 0 Å². The number of hydrogen-bond acceptors (Lipinski definition) is 3. The van der Waals surface area contributed by atoms with Crippen LogP contribution in [0.25, 0.3) is 10.4 Å². The second-order valence-corrected chi connectivity index (χ2v) is 4.13. The normalized spacial score (nSPS) is 10.2. The smallest absolute Gasteiger partial charge is 0.176 e. The van der Waals surface area contributed by atoms with E-state index in [1.54, 1.807) is 17.4 Å². The van der Waals surface area contributed by atoms with Crippen LogP contribution in [0.5, 0.6) is 0 Å². The maximum Gasteiger partial charge on any atom is 0.176 e. The highest BCUT2D eigenvalue weighted by atomic mass is 32.1. The van der Waals surface area contributed by atoms with Crippen molar-refractivity contribution in [3.05, 3.63) is 47.3 Å². The molecule has 2 rings (SSSR count). The molecule has 0 saturated heterocycles. The molecule has 2 nitrogen and oxygen atoms in total. The van der Waals surface area contributed by atoms with E-state index in [1.807, 2.05) is 35.7 Å². The van der Waals surface area contributed by atoms with E-state index in [1.165, 1.54) is 4.88 Å². The van der Waals surface area contributed by atoms with Gasteiger partial charge in [-0.05, 0) is 23.1 Å². The Labute approximate surface area is 92.4 Å². The Bertz CT molecular complexity index is 462. The molecule has 15 heavy (non-hydrogen) atoms. The molecular formula is C12H11NOS. The lowest BCUT2D eigenvalue weighted by molar-refractivity contribution is 0.100. The molecule has 1 heterocycles. The van der Waals surface area contributed by atoms with Crippen LogP contribution in [-0.2, 0) is 0 Å². The van der Waals surface area contributed by atoms with Crippen molar-refractivity contribution in [1.29, 1.82) is 0 Å². The number of benzene rings is 1. The summed E-state index contributed by atoms with van der Waals surface area (Å²) in [5.74, 6) is -0.0200. The first-order chi connectivity index (χ1) is 7.31. The highest BCUT2D eigenvalue weighted by Crippen LogP contribution is 2.25. The van der Waals surface area contributed by atoms with Crippen LogP contribution in [0.2, 0.25) is 0 Å². The van der Waals surface area contributed by atoms with E-state index in [0.717, 1.165) is 5.56 Å². The van der Waals surface area contributed by atoms with E-state index in [2.05, 4.69) is 0 Å². The van der Waals surface area contributed by atoms with Crippen molar-refractivity contribution in [3.63, 3.8) is 0 Å². The van der Waals surface area contributed by atoms with Crippen LogP contribution in [0.4, 0.5) is 0 Å². The quantitative estimate of drug-likeness (QED) is 0.803. The lowest BCUT2D eigenvalue weighted by Crippen LogP contribution is -2.13. The van der Waals surface area contributed by atoms with Gasteiger partial charge in [-0.2, -0.15) is 0 Å². The van der Waals surface area contributed by atoms with Crippen molar-refractivity contribution < 1.29 is 4.79 Å². The van der Waals surface area contributed by atoms with E-state index in [4.69, 9.17) is 5.73 Å². The van der Waals surface area contributed by atoms with Gasteiger partial charge in [-0.25, -0.2) is 0 Å². The Morgan fingerprint density at radius 1 is 1.27 bits per heavy atom. The molecule has 1 aromatic heterocycles. The Kier molecular flexibility index (Phi) is 2.94. The van der Waals surface area contributed by atoms with Crippen molar-refractivity contribution >= 4 is 17.1 Å². The monoisotopic (exact) mass is 217 g/mol. The molecule has 0 unspecified atom stereocenters. The third-order valence-corrected chi connectivity index (χ3v) is 3.09. The van der Waals surface area contributed by atoms with Crippen molar-refractivity contribution in [3.8, 4) is 10.4 Å². The molecule has 0 aliphatic rings. The molecular weight excluding hydrogens is 206 g/mol. The van der Waals surface area contributed by atoms with Crippen LogP contribution in [0.3, 0.4) is 0 Å². The first kappa shape index (κ1) is 10.1. The van der Waals surface area contributed by atoms with Gasteiger partial charge in [0.05, 0.1) is 6.54 Å². The first-order valence-corrected chi connectivity index (χ1v) is 5.56. The van der Waals surface area contributed by atoms with Gasteiger partial charge < -0.3 is 5.73 Å². The summed E-state index contributed by atoms with van der Waals surface area (Å²) in [4.78, 5) is 12.6. The van der Waals surface area contributed by atoms with Crippen molar-refractivity contribution in [2.24, 2.45) is 5.73 Å². The topological polar surface area (TPSA) is 43.1 Å². The van der Waals surface area contributed by atoms with Gasteiger partial charge in [-0.3, -0.25) is 4.79 Å². The zero-order valence-corrected chi connectivity index (χ0v) is 8.96. The summed E-state index contributed by atoms with van der Waals surface area (Å²) < 4.78 is 0. The molecule has 0 aliphatic heterocycles. The van der Waals surface area contributed by atoms with Crippen LogP contribution < -0.4 is 5.73 Å². The molecule has 0 radical (unpaired) electrons. The zero-order valence-electron chi connectivity index (χ0n) is 8.14. The third kappa shape index (κ3) is 2.14. The zero-order chi connectivity index (χ0) is 10.7. The summed E-state index contributed by atoms with van der Waals surface area (Å²) in [5.41, 5.74) is 7.08. The van der Waals surface area contributed by atoms with Gasteiger partial charge in [0.2, 0.25) is 0 Å². The molecule has 3 heteroatoms. The number of carbonyl (C=O) groups is 1. The average Bonchev–Trinajstić information content (AvgIpc) is 2.82. The van der Waals surface area contributed by atoms with Gasteiger partial charge in [-0.1, -0.05) is 24.3 Å². The van der Waals surface area contributed by atoms with Gasteiger partial charge >= 0.3 is 0 Å². The second kappa shape index (κ2) is 4.38. The molecule has 0 aliphatic carbocycles. The Balaban J connectivity index is 2.39. The van der Waals surface area contributed by atoms with E-state index < -0.39 is 0 Å². The van der Waals surface area contributed by atoms with E-state index >= 15 is 0 Å². The minimum atomic E-state index is -0.0200. The van der Waals surface area contributed by atoms with Crippen LogP contribution in [0, 0.1) is 0 Å². The fourth-order valence-electron chi connectivity index (χ4n) is 1.41. The fourth-order valence-corrected chi connectivity index (χ4v) is 2.13. The first-order valence-electron chi connectivity index (χ1n) is 4.68. The molecule has 2 aromatic rings. The van der Waals surface area contributed by atoms with Crippen LogP contribution in [0.15, 0.2) is 41.8 Å². The standard InChI is InChI=1S/C12H11NOS/c13-8-11(14)9-3-1-4-10(7-9)12-5-2-6-15-12/h1-7H,8,13H2.